The fraction of sp³-hybridized carbons (Fsp3) is 0.583. The van der Waals surface area contributed by atoms with E-state index in [1.807, 2.05) is 19.2 Å². The van der Waals surface area contributed by atoms with Gasteiger partial charge in [0.2, 0.25) is 0 Å². The Morgan fingerprint density at radius 2 is 2.33 bits per heavy atom. The summed E-state index contributed by atoms with van der Waals surface area (Å²) in [5.74, 6) is 1.08. The van der Waals surface area contributed by atoms with Crippen LogP contribution in [0.5, 0.6) is 0 Å². The van der Waals surface area contributed by atoms with Gasteiger partial charge in [-0.1, -0.05) is 19.9 Å². The quantitative estimate of drug-likeness (QED) is 0.725. The van der Waals surface area contributed by atoms with Crippen molar-refractivity contribution in [1.82, 2.24) is 14.9 Å². The van der Waals surface area contributed by atoms with Crippen molar-refractivity contribution in [2.75, 3.05) is 0 Å². The highest BCUT2D eigenvalue weighted by atomic mass is 15.1. The summed E-state index contributed by atoms with van der Waals surface area (Å²) in [5.41, 5.74) is 1.25. The minimum absolute atomic E-state index is 0.507. The average Bonchev–Trinajstić information content (AvgIpc) is 2.53. The zero-order chi connectivity index (χ0) is 11.3. The highest BCUT2D eigenvalue weighted by Crippen LogP contribution is 2.06. The van der Waals surface area contributed by atoms with Crippen LogP contribution in [0.2, 0.25) is 0 Å². The number of allylic oxidation sites excluding steroid dienone is 1. The van der Waals surface area contributed by atoms with Crippen LogP contribution in [-0.2, 0) is 13.1 Å². The summed E-state index contributed by atoms with van der Waals surface area (Å²) in [6.07, 6.45) is 4.89. The molecule has 0 saturated heterocycles. The number of rotatable bonds is 6. The van der Waals surface area contributed by atoms with Crippen LogP contribution in [0.4, 0.5) is 0 Å². The van der Waals surface area contributed by atoms with Gasteiger partial charge in [-0.15, -0.1) is 6.58 Å². The minimum Gasteiger partial charge on any atom is -0.331 e. The molecule has 0 spiro atoms. The topological polar surface area (TPSA) is 29.9 Å². The van der Waals surface area contributed by atoms with Crippen LogP contribution in [0, 0.1) is 6.92 Å². The highest BCUT2D eigenvalue weighted by Gasteiger charge is 2.05. The van der Waals surface area contributed by atoms with E-state index in [4.69, 9.17) is 0 Å². The van der Waals surface area contributed by atoms with Gasteiger partial charge in [-0.3, -0.25) is 0 Å². The Morgan fingerprint density at radius 1 is 1.60 bits per heavy atom. The molecule has 0 aliphatic carbocycles. The number of imidazole rings is 1. The normalized spacial score (nSPS) is 10.9. The molecule has 1 N–H and O–H groups in total. The van der Waals surface area contributed by atoms with Crippen LogP contribution in [0.25, 0.3) is 0 Å². The second-order valence-electron chi connectivity index (χ2n) is 4.06. The predicted molar refractivity (Wildman–Crippen MR) is 63.8 cm³/mol. The van der Waals surface area contributed by atoms with Crippen molar-refractivity contribution in [1.29, 1.82) is 0 Å². The van der Waals surface area contributed by atoms with E-state index in [0.29, 0.717) is 6.04 Å². The van der Waals surface area contributed by atoms with E-state index < -0.39 is 0 Å². The summed E-state index contributed by atoms with van der Waals surface area (Å²) < 4.78 is 2.25. The van der Waals surface area contributed by atoms with Crippen molar-refractivity contribution in [3.8, 4) is 0 Å². The van der Waals surface area contributed by atoms with Crippen LogP contribution >= 0.6 is 0 Å². The van der Waals surface area contributed by atoms with Gasteiger partial charge in [-0.25, -0.2) is 4.98 Å². The third kappa shape index (κ3) is 3.51. The second-order valence-corrected chi connectivity index (χ2v) is 4.06. The molecule has 3 nitrogen and oxygen atoms in total. The van der Waals surface area contributed by atoms with Crippen molar-refractivity contribution < 1.29 is 0 Å². The minimum atomic E-state index is 0.507. The third-order valence-corrected chi connectivity index (χ3v) is 2.39. The summed E-state index contributed by atoms with van der Waals surface area (Å²) in [4.78, 5) is 4.34. The lowest BCUT2D eigenvalue weighted by atomic mass is 10.3. The number of aromatic nitrogens is 2. The molecule has 0 radical (unpaired) electrons. The average molecular weight is 207 g/mol. The van der Waals surface area contributed by atoms with Crippen LogP contribution in [0.3, 0.4) is 0 Å². The van der Waals surface area contributed by atoms with E-state index >= 15 is 0 Å². The molecule has 0 bridgehead atoms. The molecule has 0 aliphatic heterocycles. The molecule has 1 aromatic heterocycles. The molecular weight excluding hydrogens is 186 g/mol. The third-order valence-electron chi connectivity index (χ3n) is 2.39. The first-order chi connectivity index (χ1) is 7.15. The SMILES string of the molecule is C=CCCn1c(CNC(C)C)cnc1C. The van der Waals surface area contributed by atoms with Gasteiger partial charge in [0.1, 0.15) is 5.82 Å². The summed E-state index contributed by atoms with van der Waals surface area (Å²) >= 11 is 0. The molecule has 0 amide bonds. The summed E-state index contributed by atoms with van der Waals surface area (Å²) in [7, 11) is 0. The zero-order valence-electron chi connectivity index (χ0n) is 9.95. The molecule has 0 atom stereocenters. The molecule has 0 fully saturated rings. The molecule has 0 aliphatic rings. The van der Waals surface area contributed by atoms with Crippen LogP contribution in [0.1, 0.15) is 31.8 Å². The molecule has 0 unspecified atom stereocenters. The fourth-order valence-corrected chi connectivity index (χ4v) is 1.49. The fourth-order valence-electron chi connectivity index (χ4n) is 1.49. The zero-order valence-corrected chi connectivity index (χ0v) is 9.95. The second kappa shape index (κ2) is 5.71. The maximum absolute atomic E-state index is 4.34. The lowest BCUT2D eigenvalue weighted by molar-refractivity contribution is 0.552. The monoisotopic (exact) mass is 207 g/mol. The van der Waals surface area contributed by atoms with Crippen LogP contribution in [-0.4, -0.2) is 15.6 Å². The molecule has 1 aromatic rings. The molecule has 0 aromatic carbocycles. The van der Waals surface area contributed by atoms with Crippen LogP contribution in [0.15, 0.2) is 18.9 Å². The standard InChI is InChI=1S/C12H21N3/c1-5-6-7-15-11(4)14-9-12(15)8-13-10(2)3/h5,9-10,13H,1,6-8H2,2-4H3. The number of hydrogen-bond donors (Lipinski definition) is 1. The van der Waals surface area contributed by atoms with Gasteiger partial charge in [0.25, 0.3) is 0 Å². The van der Waals surface area contributed by atoms with Crippen molar-refractivity contribution in [2.24, 2.45) is 0 Å². The summed E-state index contributed by atoms with van der Waals surface area (Å²) in [6.45, 7) is 11.9. The number of nitrogens with zero attached hydrogens (tertiary/aromatic N) is 2. The van der Waals surface area contributed by atoms with Crippen molar-refractivity contribution >= 4 is 0 Å². The largest absolute Gasteiger partial charge is 0.331 e. The molecule has 1 rings (SSSR count). The molecule has 3 heteroatoms. The molecule has 15 heavy (non-hydrogen) atoms. The van der Waals surface area contributed by atoms with Gasteiger partial charge in [-0.05, 0) is 13.3 Å². The van der Waals surface area contributed by atoms with Gasteiger partial charge in [0.05, 0.1) is 5.69 Å². The van der Waals surface area contributed by atoms with Gasteiger partial charge >= 0.3 is 0 Å². The Balaban J connectivity index is 2.65. The number of hydrogen-bond acceptors (Lipinski definition) is 2. The van der Waals surface area contributed by atoms with E-state index in [1.165, 1.54) is 5.69 Å². The Hall–Kier alpha value is -1.09. The first kappa shape index (κ1) is 12.0. The van der Waals surface area contributed by atoms with E-state index in [9.17, 15) is 0 Å². The van der Waals surface area contributed by atoms with Gasteiger partial charge in [0, 0.05) is 25.3 Å². The maximum Gasteiger partial charge on any atom is 0.105 e. The van der Waals surface area contributed by atoms with E-state index in [2.05, 4.69) is 35.3 Å². The van der Waals surface area contributed by atoms with E-state index in [-0.39, 0.29) is 0 Å². The van der Waals surface area contributed by atoms with Gasteiger partial charge in [-0.2, -0.15) is 0 Å². The number of nitrogens with one attached hydrogen (secondary N) is 1. The van der Waals surface area contributed by atoms with E-state index in [1.54, 1.807) is 0 Å². The molecule has 84 valence electrons. The molecular formula is C12H21N3. The molecule has 1 heterocycles. The van der Waals surface area contributed by atoms with Crippen molar-refractivity contribution in [2.45, 2.75) is 46.3 Å². The Kier molecular flexibility index (Phi) is 4.56. The first-order valence-corrected chi connectivity index (χ1v) is 5.50. The summed E-state index contributed by atoms with van der Waals surface area (Å²) in [6, 6.07) is 0.507. The lowest BCUT2D eigenvalue weighted by Gasteiger charge is -2.11. The Morgan fingerprint density at radius 3 is 2.93 bits per heavy atom. The van der Waals surface area contributed by atoms with E-state index in [0.717, 1.165) is 25.3 Å². The van der Waals surface area contributed by atoms with Crippen molar-refractivity contribution in [3.05, 3.63) is 30.4 Å². The van der Waals surface area contributed by atoms with Crippen molar-refractivity contribution in [3.63, 3.8) is 0 Å². The predicted octanol–water partition coefficient (Wildman–Crippen LogP) is 2.27. The summed E-state index contributed by atoms with van der Waals surface area (Å²) in [5, 5.41) is 3.41. The number of aryl methyl sites for hydroxylation is 1. The van der Waals surface area contributed by atoms with Crippen LogP contribution < -0.4 is 5.32 Å². The maximum atomic E-state index is 4.34. The Labute approximate surface area is 92.2 Å². The highest BCUT2D eigenvalue weighted by molar-refractivity contribution is 5.04. The molecule has 0 saturated carbocycles. The lowest BCUT2D eigenvalue weighted by Crippen LogP contribution is -2.23. The smallest absolute Gasteiger partial charge is 0.105 e. The first-order valence-electron chi connectivity index (χ1n) is 5.50. The van der Waals surface area contributed by atoms with Gasteiger partial charge in [0.15, 0.2) is 0 Å². The van der Waals surface area contributed by atoms with Gasteiger partial charge < -0.3 is 9.88 Å². The Bertz CT molecular complexity index is 313.